The van der Waals surface area contributed by atoms with Crippen molar-refractivity contribution in [2.24, 2.45) is 0 Å². The Balaban J connectivity index is 2.26. The zero-order valence-corrected chi connectivity index (χ0v) is 11.0. The predicted molar refractivity (Wildman–Crippen MR) is 76.2 cm³/mol. The van der Waals surface area contributed by atoms with E-state index < -0.39 is 10.7 Å². The molecule has 0 aliphatic carbocycles. The van der Waals surface area contributed by atoms with Crippen molar-refractivity contribution in [3.63, 3.8) is 0 Å². The largest absolute Gasteiger partial charge is 0.378 e. The van der Waals surface area contributed by atoms with Crippen LogP contribution in [0.3, 0.4) is 0 Å². The van der Waals surface area contributed by atoms with Crippen molar-refractivity contribution in [3.05, 3.63) is 70.0 Å². The second kappa shape index (κ2) is 6.14. The number of hydrogen-bond donors (Lipinski definition) is 1. The van der Waals surface area contributed by atoms with Crippen LogP contribution in [0.5, 0.6) is 0 Å². The molecule has 0 saturated carbocycles. The highest BCUT2D eigenvalue weighted by atomic mass is 19.1. The maximum Gasteiger partial charge on any atom is 0.274 e. The highest BCUT2D eigenvalue weighted by Crippen LogP contribution is 2.26. The minimum Gasteiger partial charge on any atom is -0.378 e. The molecule has 1 N–H and O–H groups in total. The van der Waals surface area contributed by atoms with E-state index in [0.29, 0.717) is 5.69 Å². The molecule has 20 heavy (non-hydrogen) atoms. The topological polar surface area (TPSA) is 55.2 Å². The Morgan fingerprint density at radius 2 is 1.95 bits per heavy atom. The third-order valence-electron chi connectivity index (χ3n) is 3.04. The van der Waals surface area contributed by atoms with E-state index in [1.54, 1.807) is 0 Å². The molecule has 0 heterocycles. The van der Waals surface area contributed by atoms with Gasteiger partial charge < -0.3 is 5.32 Å². The van der Waals surface area contributed by atoms with E-state index in [4.69, 9.17) is 0 Å². The van der Waals surface area contributed by atoms with Gasteiger partial charge in [0.2, 0.25) is 0 Å². The molecule has 0 aliphatic heterocycles. The normalized spacial score (nSPS) is 11.9. The third-order valence-corrected chi connectivity index (χ3v) is 3.04. The lowest BCUT2D eigenvalue weighted by atomic mass is 10.0. The van der Waals surface area contributed by atoms with Gasteiger partial charge in [0.15, 0.2) is 0 Å². The number of non-ortho nitro benzene ring substituents is 1. The van der Waals surface area contributed by atoms with Gasteiger partial charge >= 0.3 is 0 Å². The Morgan fingerprint density at radius 3 is 2.55 bits per heavy atom. The first-order valence-corrected chi connectivity index (χ1v) is 6.36. The second-order valence-corrected chi connectivity index (χ2v) is 4.47. The molecular formula is C15H15FN2O2. The fourth-order valence-corrected chi connectivity index (χ4v) is 2.07. The van der Waals surface area contributed by atoms with E-state index >= 15 is 0 Å². The van der Waals surface area contributed by atoms with Crippen molar-refractivity contribution in [1.82, 2.24) is 0 Å². The molecule has 2 aromatic rings. The van der Waals surface area contributed by atoms with Crippen LogP contribution in [0.15, 0.2) is 48.5 Å². The smallest absolute Gasteiger partial charge is 0.274 e. The van der Waals surface area contributed by atoms with E-state index in [1.165, 1.54) is 12.1 Å². The van der Waals surface area contributed by atoms with Gasteiger partial charge in [-0.1, -0.05) is 37.3 Å². The van der Waals surface area contributed by atoms with Gasteiger partial charge in [-0.15, -0.1) is 0 Å². The molecule has 104 valence electrons. The summed E-state index contributed by atoms with van der Waals surface area (Å²) in [7, 11) is 0. The van der Waals surface area contributed by atoms with Crippen molar-refractivity contribution in [2.45, 2.75) is 19.4 Å². The molecule has 2 aromatic carbocycles. The SMILES string of the molecule is CCC(Nc1cc(F)cc([N+](=O)[O-])c1)c1ccccc1. The standard InChI is InChI=1S/C15H15FN2O2/c1-2-15(11-6-4-3-5-7-11)17-13-8-12(16)9-14(10-13)18(19)20/h3-10,15,17H,2H2,1H3. The molecule has 2 rings (SSSR count). The Labute approximate surface area is 116 Å². The number of nitrogens with one attached hydrogen (secondary N) is 1. The summed E-state index contributed by atoms with van der Waals surface area (Å²) in [4.78, 5) is 10.1. The molecule has 0 amide bonds. The molecule has 5 heteroatoms. The summed E-state index contributed by atoms with van der Waals surface area (Å²) in [5, 5.41) is 13.9. The van der Waals surface area contributed by atoms with Gasteiger partial charge in [-0.05, 0) is 18.1 Å². The first-order valence-electron chi connectivity index (χ1n) is 6.36. The summed E-state index contributed by atoms with van der Waals surface area (Å²) in [6.45, 7) is 2.00. The summed E-state index contributed by atoms with van der Waals surface area (Å²) in [5.41, 5.74) is 1.21. The molecule has 1 unspecified atom stereocenters. The first kappa shape index (κ1) is 14.0. The van der Waals surface area contributed by atoms with Crippen LogP contribution in [-0.2, 0) is 0 Å². The van der Waals surface area contributed by atoms with Crippen molar-refractivity contribution in [1.29, 1.82) is 0 Å². The van der Waals surface area contributed by atoms with Crippen LogP contribution in [-0.4, -0.2) is 4.92 Å². The fraction of sp³-hybridized carbons (Fsp3) is 0.200. The second-order valence-electron chi connectivity index (χ2n) is 4.47. The summed E-state index contributed by atoms with van der Waals surface area (Å²) in [5.74, 6) is -0.621. The minimum absolute atomic E-state index is 0.0161. The summed E-state index contributed by atoms with van der Waals surface area (Å²) >= 11 is 0. The summed E-state index contributed by atoms with van der Waals surface area (Å²) in [6.07, 6.45) is 0.786. The number of anilines is 1. The highest BCUT2D eigenvalue weighted by Gasteiger charge is 2.13. The van der Waals surface area contributed by atoms with Crippen molar-refractivity contribution < 1.29 is 9.31 Å². The molecule has 0 radical (unpaired) electrons. The van der Waals surface area contributed by atoms with Crippen LogP contribution in [0.2, 0.25) is 0 Å². The average molecular weight is 274 g/mol. The molecule has 0 spiro atoms. The van der Waals surface area contributed by atoms with E-state index in [1.807, 2.05) is 37.3 Å². The van der Waals surface area contributed by atoms with E-state index in [9.17, 15) is 14.5 Å². The Hall–Kier alpha value is -2.43. The lowest BCUT2D eigenvalue weighted by Gasteiger charge is -2.18. The van der Waals surface area contributed by atoms with E-state index in [-0.39, 0.29) is 11.7 Å². The van der Waals surface area contributed by atoms with Crippen LogP contribution in [0.25, 0.3) is 0 Å². The number of nitro groups is 1. The fourth-order valence-electron chi connectivity index (χ4n) is 2.07. The molecule has 0 saturated heterocycles. The molecular weight excluding hydrogens is 259 g/mol. The van der Waals surface area contributed by atoms with Gasteiger partial charge in [-0.25, -0.2) is 4.39 Å². The maximum atomic E-state index is 13.4. The maximum absolute atomic E-state index is 13.4. The van der Waals surface area contributed by atoms with Gasteiger partial charge in [-0.3, -0.25) is 10.1 Å². The molecule has 0 bridgehead atoms. The molecule has 0 fully saturated rings. The van der Waals surface area contributed by atoms with Crippen LogP contribution in [0.4, 0.5) is 15.8 Å². The van der Waals surface area contributed by atoms with Gasteiger partial charge in [0.1, 0.15) is 5.82 Å². The Bertz CT molecular complexity index is 602. The van der Waals surface area contributed by atoms with E-state index in [2.05, 4.69) is 5.32 Å². The number of hydrogen-bond acceptors (Lipinski definition) is 3. The summed E-state index contributed by atoms with van der Waals surface area (Å²) in [6, 6.07) is 13.2. The quantitative estimate of drug-likeness (QED) is 0.653. The van der Waals surface area contributed by atoms with Crippen LogP contribution in [0.1, 0.15) is 24.9 Å². The number of nitrogens with zero attached hydrogens (tertiary/aromatic N) is 1. The third kappa shape index (κ3) is 3.32. The van der Waals surface area contributed by atoms with Crippen LogP contribution in [0, 0.1) is 15.9 Å². The van der Waals surface area contributed by atoms with Crippen molar-refractivity contribution >= 4 is 11.4 Å². The van der Waals surface area contributed by atoms with E-state index in [0.717, 1.165) is 18.1 Å². The molecule has 1 atom stereocenters. The lowest BCUT2D eigenvalue weighted by molar-refractivity contribution is -0.385. The monoisotopic (exact) mass is 274 g/mol. The predicted octanol–water partition coefficient (Wildman–Crippen LogP) is 4.30. The van der Waals surface area contributed by atoms with Crippen LogP contribution >= 0.6 is 0 Å². The number of halogens is 1. The average Bonchev–Trinajstić information content (AvgIpc) is 2.45. The molecule has 0 aromatic heterocycles. The first-order chi connectivity index (χ1) is 9.60. The molecule has 0 aliphatic rings. The van der Waals surface area contributed by atoms with Gasteiger partial charge in [-0.2, -0.15) is 0 Å². The van der Waals surface area contributed by atoms with Gasteiger partial charge in [0.25, 0.3) is 5.69 Å². The number of nitro benzene ring substituents is 1. The summed E-state index contributed by atoms with van der Waals surface area (Å²) < 4.78 is 13.4. The molecule has 4 nitrogen and oxygen atoms in total. The van der Waals surface area contributed by atoms with Gasteiger partial charge in [0.05, 0.1) is 17.0 Å². The Morgan fingerprint density at radius 1 is 1.25 bits per heavy atom. The number of rotatable bonds is 5. The minimum atomic E-state index is -0.621. The zero-order valence-electron chi connectivity index (χ0n) is 11.0. The highest BCUT2D eigenvalue weighted by molar-refractivity contribution is 5.52. The van der Waals surface area contributed by atoms with Crippen molar-refractivity contribution in [3.8, 4) is 0 Å². The lowest BCUT2D eigenvalue weighted by Crippen LogP contribution is -2.10. The number of benzene rings is 2. The van der Waals surface area contributed by atoms with Crippen LogP contribution < -0.4 is 5.32 Å². The van der Waals surface area contributed by atoms with Crippen molar-refractivity contribution in [2.75, 3.05) is 5.32 Å². The zero-order chi connectivity index (χ0) is 14.5. The Kier molecular flexibility index (Phi) is 4.30. The van der Waals surface area contributed by atoms with Gasteiger partial charge in [0, 0.05) is 11.8 Å².